The summed E-state index contributed by atoms with van der Waals surface area (Å²) in [4.78, 5) is 21.3. The van der Waals surface area contributed by atoms with E-state index in [0.29, 0.717) is 19.1 Å². The highest BCUT2D eigenvalue weighted by atomic mass is 16.3. The number of hydrogen-bond acceptors (Lipinski definition) is 4. The van der Waals surface area contributed by atoms with E-state index >= 15 is 0 Å². The second-order valence-corrected chi connectivity index (χ2v) is 3.86. The molecule has 1 fully saturated rings. The maximum atomic E-state index is 11.3. The Bertz CT molecular complexity index is 221. The summed E-state index contributed by atoms with van der Waals surface area (Å²) in [6, 6.07) is -0.585. The van der Waals surface area contributed by atoms with Gasteiger partial charge in [0.25, 0.3) is 0 Å². The second-order valence-electron chi connectivity index (χ2n) is 3.86. The largest absolute Gasteiger partial charge is 0.391 e. The molecule has 0 aromatic carbocycles. The van der Waals surface area contributed by atoms with Crippen molar-refractivity contribution in [3.63, 3.8) is 0 Å². The van der Waals surface area contributed by atoms with Crippen LogP contribution in [0, 0.1) is 0 Å². The second kappa shape index (κ2) is 5.82. The average Bonchev–Trinajstić information content (AvgIpc) is 2.21. The van der Waals surface area contributed by atoms with E-state index in [4.69, 9.17) is 0 Å². The molecule has 0 bridgehead atoms. The Morgan fingerprint density at radius 1 is 1.33 bits per heavy atom. The van der Waals surface area contributed by atoms with Crippen molar-refractivity contribution in [3.05, 3.63) is 0 Å². The number of carbonyl (C=O) groups is 2. The number of carbonyl (C=O) groups excluding carboxylic acids is 2. The standard InChI is InChI=1S/C10H17NO4/c12-6-2-5-9(15)11-10-7(13)3-1-4-8(10)14/h6-8,10,13-14H,1-5H2,(H,11,15). The Hall–Kier alpha value is -0.940. The topological polar surface area (TPSA) is 86.6 Å². The molecule has 1 saturated carbocycles. The Morgan fingerprint density at radius 2 is 1.93 bits per heavy atom. The molecule has 0 aromatic heterocycles. The number of amides is 1. The third-order valence-electron chi connectivity index (χ3n) is 2.65. The first kappa shape index (κ1) is 12.1. The molecule has 1 amide bonds. The van der Waals surface area contributed by atoms with E-state index in [0.717, 1.165) is 6.42 Å². The lowest BCUT2D eigenvalue weighted by atomic mass is 9.90. The third-order valence-corrected chi connectivity index (χ3v) is 2.65. The van der Waals surface area contributed by atoms with Crippen molar-refractivity contribution in [1.82, 2.24) is 5.32 Å². The summed E-state index contributed by atoms with van der Waals surface area (Å²) in [6.07, 6.45) is 1.54. The van der Waals surface area contributed by atoms with Crippen LogP contribution in [0.3, 0.4) is 0 Å². The van der Waals surface area contributed by atoms with Crippen LogP contribution in [0.25, 0.3) is 0 Å². The van der Waals surface area contributed by atoms with Gasteiger partial charge in [-0.15, -0.1) is 0 Å². The number of nitrogens with one attached hydrogen (secondary N) is 1. The molecule has 5 heteroatoms. The maximum Gasteiger partial charge on any atom is 0.220 e. The van der Waals surface area contributed by atoms with Crippen LogP contribution < -0.4 is 5.32 Å². The van der Waals surface area contributed by atoms with Crippen LogP contribution in [-0.2, 0) is 9.59 Å². The highest BCUT2D eigenvalue weighted by Gasteiger charge is 2.31. The first-order valence-electron chi connectivity index (χ1n) is 5.24. The highest BCUT2D eigenvalue weighted by molar-refractivity contribution is 5.78. The lowest BCUT2D eigenvalue weighted by Gasteiger charge is -2.32. The summed E-state index contributed by atoms with van der Waals surface area (Å²) in [6.45, 7) is 0. The molecule has 0 saturated heterocycles. The van der Waals surface area contributed by atoms with Crippen LogP contribution in [0.1, 0.15) is 32.1 Å². The molecule has 1 aliphatic rings. The third kappa shape index (κ3) is 3.60. The molecule has 0 radical (unpaired) electrons. The van der Waals surface area contributed by atoms with E-state index in [1.807, 2.05) is 0 Å². The monoisotopic (exact) mass is 215 g/mol. The number of aliphatic hydroxyl groups is 2. The Kier molecular flexibility index (Phi) is 4.71. The first-order chi connectivity index (χ1) is 7.15. The normalized spacial score (nSPS) is 30.9. The van der Waals surface area contributed by atoms with Crippen LogP contribution in [-0.4, -0.2) is 40.7 Å². The molecule has 1 rings (SSSR count). The summed E-state index contributed by atoms with van der Waals surface area (Å²) in [5.41, 5.74) is 0. The Balaban J connectivity index is 2.40. The van der Waals surface area contributed by atoms with Gasteiger partial charge in [0.1, 0.15) is 6.29 Å². The molecule has 0 aliphatic heterocycles. The fraction of sp³-hybridized carbons (Fsp3) is 0.800. The summed E-state index contributed by atoms with van der Waals surface area (Å²) in [7, 11) is 0. The van der Waals surface area contributed by atoms with Gasteiger partial charge in [-0.3, -0.25) is 4.79 Å². The molecule has 0 heterocycles. The van der Waals surface area contributed by atoms with Crippen LogP contribution in [0.2, 0.25) is 0 Å². The number of aliphatic hydroxyl groups excluding tert-OH is 2. The van der Waals surface area contributed by atoms with Gasteiger partial charge in [-0.2, -0.15) is 0 Å². The van der Waals surface area contributed by atoms with Crippen LogP contribution in [0.5, 0.6) is 0 Å². The van der Waals surface area contributed by atoms with Crippen molar-refractivity contribution in [2.45, 2.75) is 50.4 Å². The van der Waals surface area contributed by atoms with E-state index in [1.165, 1.54) is 0 Å². The maximum absolute atomic E-state index is 11.3. The number of aldehydes is 1. The van der Waals surface area contributed by atoms with Gasteiger partial charge in [0.2, 0.25) is 5.91 Å². The average molecular weight is 215 g/mol. The van der Waals surface area contributed by atoms with Crippen LogP contribution in [0.15, 0.2) is 0 Å². The van der Waals surface area contributed by atoms with E-state index in [1.54, 1.807) is 0 Å². The van der Waals surface area contributed by atoms with Gasteiger partial charge in [0, 0.05) is 12.8 Å². The lowest BCUT2D eigenvalue weighted by molar-refractivity contribution is -0.126. The van der Waals surface area contributed by atoms with E-state index in [2.05, 4.69) is 5.32 Å². The first-order valence-corrected chi connectivity index (χ1v) is 5.24. The predicted octanol–water partition coefficient (Wildman–Crippen LogP) is -0.644. The molecule has 3 N–H and O–H groups in total. The van der Waals surface area contributed by atoms with Crippen molar-refractivity contribution in [3.8, 4) is 0 Å². The summed E-state index contributed by atoms with van der Waals surface area (Å²) in [5, 5.41) is 21.7. The molecule has 2 unspecified atom stereocenters. The molecule has 2 atom stereocenters. The van der Waals surface area contributed by atoms with Gasteiger partial charge >= 0.3 is 0 Å². The van der Waals surface area contributed by atoms with Crippen LogP contribution in [0.4, 0.5) is 0 Å². The SMILES string of the molecule is O=CCCC(=O)NC1C(O)CCCC1O. The zero-order valence-corrected chi connectivity index (χ0v) is 8.56. The highest BCUT2D eigenvalue weighted by Crippen LogP contribution is 2.19. The number of hydrogen-bond donors (Lipinski definition) is 3. The lowest BCUT2D eigenvalue weighted by Crippen LogP contribution is -2.52. The Labute approximate surface area is 88.5 Å². The Morgan fingerprint density at radius 3 is 2.47 bits per heavy atom. The molecule has 0 aromatic rings. The van der Waals surface area contributed by atoms with Gasteiger partial charge < -0.3 is 20.3 Å². The minimum atomic E-state index is -0.686. The smallest absolute Gasteiger partial charge is 0.220 e. The van der Waals surface area contributed by atoms with E-state index in [-0.39, 0.29) is 18.7 Å². The molecule has 0 spiro atoms. The van der Waals surface area contributed by atoms with Gasteiger partial charge in [-0.1, -0.05) is 0 Å². The minimum absolute atomic E-state index is 0.111. The van der Waals surface area contributed by atoms with E-state index < -0.39 is 18.2 Å². The van der Waals surface area contributed by atoms with Crippen molar-refractivity contribution in [2.75, 3.05) is 0 Å². The van der Waals surface area contributed by atoms with Crippen molar-refractivity contribution >= 4 is 12.2 Å². The zero-order valence-electron chi connectivity index (χ0n) is 8.56. The minimum Gasteiger partial charge on any atom is -0.391 e. The van der Waals surface area contributed by atoms with Crippen molar-refractivity contribution in [2.24, 2.45) is 0 Å². The molecule has 15 heavy (non-hydrogen) atoms. The zero-order chi connectivity index (χ0) is 11.3. The summed E-state index contributed by atoms with van der Waals surface area (Å²) >= 11 is 0. The van der Waals surface area contributed by atoms with Crippen molar-refractivity contribution < 1.29 is 19.8 Å². The molecular weight excluding hydrogens is 198 g/mol. The fourth-order valence-corrected chi connectivity index (χ4v) is 1.79. The molecule has 5 nitrogen and oxygen atoms in total. The fourth-order valence-electron chi connectivity index (χ4n) is 1.79. The van der Waals surface area contributed by atoms with Gasteiger partial charge in [-0.05, 0) is 19.3 Å². The predicted molar refractivity (Wildman–Crippen MR) is 53.1 cm³/mol. The number of rotatable bonds is 4. The summed E-state index contributed by atoms with van der Waals surface area (Å²) in [5.74, 6) is -0.299. The quantitative estimate of drug-likeness (QED) is 0.544. The van der Waals surface area contributed by atoms with Gasteiger partial charge in [0.15, 0.2) is 0 Å². The molecule has 1 aliphatic carbocycles. The van der Waals surface area contributed by atoms with Crippen LogP contribution >= 0.6 is 0 Å². The summed E-state index contributed by atoms with van der Waals surface area (Å²) < 4.78 is 0. The van der Waals surface area contributed by atoms with Gasteiger partial charge in [-0.25, -0.2) is 0 Å². The van der Waals surface area contributed by atoms with Gasteiger partial charge in [0.05, 0.1) is 18.2 Å². The molecule has 86 valence electrons. The van der Waals surface area contributed by atoms with E-state index in [9.17, 15) is 19.8 Å². The molecular formula is C10H17NO4. The van der Waals surface area contributed by atoms with Crippen molar-refractivity contribution in [1.29, 1.82) is 0 Å².